The summed E-state index contributed by atoms with van der Waals surface area (Å²) in [5, 5.41) is 7.17. The second-order valence-electron chi connectivity index (χ2n) is 13.1. The summed E-state index contributed by atoms with van der Waals surface area (Å²) in [6.07, 6.45) is 8.88. The van der Waals surface area contributed by atoms with Crippen LogP contribution in [0.1, 0.15) is 69.6 Å². The zero-order valence-electron chi connectivity index (χ0n) is 26.7. The molecular weight excluding hydrogens is 639 g/mol. The standard InChI is InChI=1S/C35H45N3O7S2/c1-3-31(39)44-5-7-46-29-16-20-9-22(29)11-27(20)18-37-34(42)25-13-24(33(36)41)14-26(15-25)35(43)38-19-28-12-23-10-21(28)17-30(23)47-8-6-45-32(40)4-2/h3-4,13-15,20-23,27-30H,1-2,5-12,16-19H2,(H2,36,41)(H,37,42)(H,38,43). The number of carbonyl (C=O) groups excluding carboxylic acids is 5. The molecule has 4 bridgehead atoms. The Hall–Kier alpha value is -3.25. The molecule has 4 aliphatic carbocycles. The van der Waals surface area contributed by atoms with Crippen LogP contribution in [0.3, 0.4) is 0 Å². The van der Waals surface area contributed by atoms with E-state index in [2.05, 4.69) is 23.8 Å². The fourth-order valence-electron chi connectivity index (χ4n) is 8.08. The van der Waals surface area contributed by atoms with Gasteiger partial charge in [0.25, 0.3) is 11.8 Å². The number of rotatable bonds is 17. The minimum absolute atomic E-state index is 0.125. The van der Waals surface area contributed by atoms with Crippen LogP contribution in [0.5, 0.6) is 0 Å². The van der Waals surface area contributed by atoms with Crippen LogP contribution >= 0.6 is 23.5 Å². The van der Waals surface area contributed by atoms with E-state index in [4.69, 9.17) is 15.2 Å². The van der Waals surface area contributed by atoms with Crippen molar-refractivity contribution in [3.05, 3.63) is 60.2 Å². The zero-order valence-corrected chi connectivity index (χ0v) is 28.3. The second-order valence-corrected chi connectivity index (χ2v) is 15.8. The highest BCUT2D eigenvalue weighted by Gasteiger charge is 2.46. The fourth-order valence-corrected chi connectivity index (χ4v) is 10.8. The van der Waals surface area contributed by atoms with Crippen LogP contribution < -0.4 is 16.4 Å². The normalized spacial score (nSPS) is 28.4. The van der Waals surface area contributed by atoms with Crippen molar-refractivity contribution >= 4 is 53.2 Å². The SMILES string of the molecule is C=CC(=O)OCCSC1CC2CC1CC2CNC(=O)c1cc(C(N)=O)cc(C(=O)NCC2CC3CC2CC3SCCOC(=O)C=C)c1. The number of esters is 2. The Bertz CT molecular complexity index is 1290. The number of amides is 3. The molecule has 3 amide bonds. The van der Waals surface area contributed by atoms with Crippen molar-refractivity contribution in [2.24, 2.45) is 41.2 Å². The smallest absolute Gasteiger partial charge is 0.330 e. The van der Waals surface area contributed by atoms with Crippen molar-refractivity contribution in [2.75, 3.05) is 37.8 Å². The highest BCUT2D eigenvalue weighted by Crippen LogP contribution is 2.53. The van der Waals surface area contributed by atoms with Crippen LogP contribution in [-0.4, -0.2) is 78.0 Å². The van der Waals surface area contributed by atoms with Crippen LogP contribution in [0.4, 0.5) is 0 Å². The van der Waals surface area contributed by atoms with Crippen molar-refractivity contribution in [1.82, 2.24) is 10.6 Å². The summed E-state index contributed by atoms with van der Waals surface area (Å²) in [7, 11) is 0. The average molecular weight is 684 g/mol. The van der Waals surface area contributed by atoms with E-state index < -0.39 is 17.8 Å². The number of nitrogens with one attached hydrogen (secondary N) is 2. The van der Waals surface area contributed by atoms with E-state index in [-0.39, 0.29) is 28.5 Å². The maximum atomic E-state index is 13.2. The van der Waals surface area contributed by atoms with Crippen LogP contribution in [0.15, 0.2) is 43.5 Å². The van der Waals surface area contributed by atoms with Crippen molar-refractivity contribution in [3.63, 3.8) is 0 Å². The number of hydrogen-bond acceptors (Lipinski definition) is 9. The first kappa shape index (κ1) is 35.1. The Balaban J connectivity index is 1.06. The predicted octanol–water partition coefficient (Wildman–Crippen LogP) is 4.00. The monoisotopic (exact) mass is 683 g/mol. The molecule has 10 nitrogen and oxygen atoms in total. The molecule has 0 aromatic heterocycles. The Labute approximate surface area is 284 Å². The quantitative estimate of drug-likeness (QED) is 0.126. The topological polar surface area (TPSA) is 154 Å². The third-order valence-electron chi connectivity index (χ3n) is 10.3. The van der Waals surface area contributed by atoms with E-state index in [1.807, 2.05) is 23.5 Å². The number of nitrogens with two attached hydrogens (primary N) is 1. The van der Waals surface area contributed by atoms with Gasteiger partial charge >= 0.3 is 11.9 Å². The number of fused-ring (bicyclic) bond motifs is 4. The molecule has 0 spiro atoms. The Morgan fingerprint density at radius 1 is 0.681 bits per heavy atom. The molecule has 4 fully saturated rings. The van der Waals surface area contributed by atoms with Gasteiger partial charge in [-0.3, -0.25) is 14.4 Å². The molecule has 0 aliphatic heterocycles. The van der Waals surface area contributed by atoms with Gasteiger partial charge in [0.2, 0.25) is 5.91 Å². The lowest BCUT2D eigenvalue weighted by Crippen LogP contribution is -2.34. The first-order valence-corrected chi connectivity index (χ1v) is 18.6. The third kappa shape index (κ3) is 9.01. The molecule has 254 valence electrons. The molecule has 8 atom stereocenters. The van der Waals surface area contributed by atoms with Gasteiger partial charge in [-0.1, -0.05) is 13.2 Å². The van der Waals surface area contributed by atoms with E-state index in [1.54, 1.807) is 0 Å². The van der Waals surface area contributed by atoms with Gasteiger partial charge in [-0.25, -0.2) is 9.59 Å². The van der Waals surface area contributed by atoms with Crippen LogP contribution in [0, 0.1) is 35.5 Å². The zero-order chi connectivity index (χ0) is 33.5. The van der Waals surface area contributed by atoms with E-state index in [1.165, 1.54) is 30.4 Å². The fraction of sp³-hybridized carbons (Fsp3) is 0.571. The number of ether oxygens (including phenoxy) is 2. The maximum Gasteiger partial charge on any atom is 0.330 e. The van der Waals surface area contributed by atoms with Crippen molar-refractivity contribution in [1.29, 1.82) is 0 Å². The van der Waals surface area contributed by atoms with Gasteiger partial charge in [0.1, 0.15) is 13.2 Å². The van der Waals surface area contributed by atoms with E-state index in [0.717, 1.165) is 50.0 Å². The lowest BCUT2D eigenvalue weighted by molar-refractivity contribution is -0.138. The Morgan fingerprint density at radius 3 is 1.47 bits per heavy atom. The highest BCUT2D eigenvalue weighted by molar-refractivity contribution is 8.00. The minimum atomic E-state index is -0.694. The summed E-state index contributed by atoms with van der Waals surface area (Å²) in [6, 6.07) is 4.44. The Morgan fingerprint density at radius 2 is 1.11 bits per heavy atom. The number of hydrogen-bond donors (Lipinski definition) is 3. The van der Waals surface area contributed by atoms with Gasteiger partial charge in [0.15, 0.2) is 0 Å². The summed E-state index contributed by atoms with van der Waals surface area (Å²) in [5.74, 6) is 2.41. The van der Waals surface area contributed by atoms with Crippen molar-refractivity contribution in [3.8, 4) is 0 Å². The third-order valence-corrected chi connectivity index (χ3v) is 13.1. The molecule has 1 aromatic rings. The van der Waals surface area contributed by atoms with Gasteiger partial charge in [0, 0.05) is 63.9 Å². The molecule has 0 heterocycles. The second kappa shape index (κ2) is 16.2. The lowest BCUT2D eigenvalue weighted by atomic mass is 9.88. The molecule has 8 unspecified atom stereocenters. The number of thioether (sulfide) groups is 2. The molecule has 5 rings (SSSR count). The Kier molecular flexibility index (Phi) is 12.1. The minimum Gasteiger partial charge on any atom is -0.462 e. The summed E-state index contributed by atoms with van der Waals surface area (Å²) in [5.41, 5.74) is 6.19. The van der Waals surface area contributed by atoms with Gasteiger partial charge in [-0.2, -0.15) is 23.5 Å². The van der Waals surface area contributed by atoms with E-state index in [9.17, 15) is 24.0 Å². The molecule has 0 saturated heterocycles. The predicted molar refractivity (Wildman–Crippen MR) is 183 cm³/mol. The lowest BCUT2D eigenvalue weighted by Gasteiger charge is -2.28. The van der Waals surface area contributed by atoms with Gasteiger partial charge in [-0.15, -0.1) is 0 Å². The highest BCUT2D eigenvalue weighted by atomic mass is 32.2. The largest absolute Gasteiger partial charge is 0.462 e. The number of carbonyl (C=O) groups is 5. The number of primary amides is 1. The molecule has 47 heavy (non-hydrogen) atoms. The van der Waals surface area contributed by atoms with Crippen LogP contribution in [0.25, 0.3) is 0 Å². The van der Waals surface area contributed by atoms with Gasteiger partial charge in [-0.05, 0) is 92.2 Å². The average Bonchev–Trinajstić information content (AvgIpc) is 3.87. The summed E-state index contributed by atoms with van der Waals surface area (Å²) in [4.78, 5) is 61.0. The van der Waals surface area contributed by atoms with Crippen molar-refractivity contribution < 1.29 is 33.4 Å². The van der Waals surface area contributed by atoms with Crippen molar-refractivity contribution in [2.45, 2.75) is 49.0 Å². The molecule has 1 aromatic carbocycles. The molecule has 4 N–H and O–H groups in total. The first-order chi connectivity index (χ1) is 22.6. The summed E-state index contributed by atoms with van der Waals surface area (Å²) < 4.78 is 10.2. The van der Waals surface area contributed by atoms with Gasteiger partial charge < -0.3 is 25.8 Å². The molecular formula is C35H45N3O7S2. The van der Waals surface area contributed by atoms with Crippen LogP contribution in [-0.2, 0) is 19.1 Å². The molecule has 4 saturated carbocycles. The molecule has 0 radical (unpaired) electrons. The molecule has 12 heteroatoms. The summed E-state index contributed by atoms with van der Waals surface area (Å²) in [6.45, 7) is 8.67. The van der Waals surface area contributed by atoms with Crippen LogP contribution in [0.2, 0.25) is 0 Å². The van der Waals surface area contributed by atoms with E-state index >= 15 is 0 Å². The number of benzene rings is 1. The van der Waals surface area contributed by atoms with E-state index in [0.29, 0.717) is 72.3 Å². The first-order valence-electron chi connectivity index (χ1n) is 16.5. The maximum absolute atomic E-state index is 13.2. The van der Waals surface area contributed by atoms with Gasteiger partial charge in [0.05, 0.1) is 0 Å². The summed E-state index contributed by atoms with van der Waals surface area (Å²) >= 11 is 3.71. The molecule has 4 aliphatic rings.